The number of rotatable bonds is 5. The summed E-state index contributed by atoms with van der Waals surface area (Å²) in [5.74, 6) is -0.919. The van der Waals surface area contributed by atoms with Crippen molar-refractivity contribution in [1.29, 1.82) is 0 Å². The summed E-state index contributed by atoms with van der Waals surface area (Å²) in [6.07, 6.45) is 0.990. The number of nitrogens with zero attached hydrogens (tertiary/aromatic N) is 2. The fourth-order valence-corrected chi connectivity index (χ4v) is 4.82. The van der Waals surface area contributed by atoms with Gasteiger partial charge in [-0.1, -0.05) is 6.07 Å². The van der Waals surface area contributed by atoms with Crippen LogP contribution in [0.5, 0.6) is 0 Å². The standard InChI is InChI=1S/C19H26N2O6S/c1-14-5-6-16(28(24,25)21-9-11-26-12-10-21)13-17(14)19(23)27-15(2)18(22)20-7-3-4-8-20/h5-6,13,15H,3-4,7-12H2,1-2H3/t15-/m0/s1. The van der Waals surface area contributed by atoms with Gasteiger partial charge in [-0.25, -0.2) is 13.2 Å². The fourth-order valence-electron chi connectivity index (χ4n) is 3.39. The van der Waals surface area contributed by atoms with Crippen molar-refractivity contribution in [3.8, 4) is 0 Å². The first-order valence-corrected chi connectivity index (χ1v) is 10.9. The molecule has 28 heavy (non-hydrogen) atoms. The SMILES string of the molecule is Cc1ccc(S(=O)(=O)N2CCOCC2)cc1C(=O)O[C@@H](C)C(=O)N1CCCC1. The Morgan fingerprint density at radius 2 is 1.75 bits per heavy atom. The zero-order valence-electron chi connectivity index (χ0n) is 16.2. The van der Waals surface area contributed by atoms with Crippen LogP contribution in [-0.2, 0) is 24.3 Å². The summed E-state index contributed by atoms with van der Waals surface area (Å²) in [7, 11) is -3.72. The van der Waals surface area contributed by atoms with E-state index in [1.807, 2.05) is 0 Å². The van der Waals surface area contributed by atoms with Gasteiger partial charge in [-0.15, -0.1) is 0 Å². The number of sulfonamides is 1. The molecule has 1 aromatic rings. The Morgan fingerprint density at radius 1 is 1.11 bits per heavy atom. The van der Waals surface area contributed by atoms with Crippen molar-refractivity contribution in [2.45, 2.75) is 37.7 Å². The van der Waals surface area contributed by atoms with Gasteiger partial charge in [0.25, 0.3) is 5.91 Å². The van der Waals surface area contributed by atoms with E-state index in [2.05, 4.69) is 0 Å². The molecule has 2 fully saturated rings. The van der Waals surface area contributed by atoms with E-state index in [1.165, 1.54) is 16.4 Å². The van der Waals surface area contributed by atoms with Crippen LogP contribution in [0, 0.1) is 6.92 Å². The maximum atomic E-state index is 12.8. The summed E-state index contributed by atoms with van der Waals surface area (Å²) < 4.78 is 37.6. The first-order chi connectivity index (χ1) is 13.3. The summed E-state index contributed by atoms with van der Waals surface area (Å²) in [6, 6.07) is 4.39. The first kappa shape index (κ1) is 20.8. The van der Waals surface area contributed by atoms with E-state index in [9.17, 15) is 18.0 Å². The molecular weight excluding hydrogens is 384 g/mol. The van der Waals surface area contributed by atoms with Crippen molar-refractivity contribution >= 4 is 21.9 Å². The van der Waals surface area contributed by atoms with Crippen molar-refractivity contribution in [1.82, 2.24) is 9.21 Å². The Kier molecular flexibility index (Phi) is 6.36. The van der Waals surface area contributed by atoms with E-state index in [0.717, 1.165) is 12.8 Å². The van der Waals surface area contributed by atoms with Crippen molar-refractivity contribution in [3.05, 3.63) is 29.3 Å². The Labute approximate surface area is 165 Å². The maximum Gasteiger partial charge on any atom is 0.339 e. The third-order valence-corrected chi connectivity index (χ3v) is 6.98. The average molecular weight is 410 g/mol. The fraction of sp³-hybridized carbons (Fsp3) is 0.579. The highest BCUT2D eigenvalue weighted by Crippen LogP contribution is 2.22. The number of carbonyl (C=O) groups is 2. The highest BCUT2D eigenvalue weighted by molar-refractivity contribution is 7.89. The Morgan fingerprint density at radius 3 is 2.39 bits per heavy atom. The second-order valence-corrected chi connectivity index (χ2v) is 9.01. The molecule has 1 aromatic carbocycles. The molecular formula is C19H26N2O6S. The van der Waals surface area contributed by atoms with Crippen LogP contribution in [0.1, 0.15) is 35.7 Å². The number of likely N-dealkylation sites (tertiary alicyclic amines) is 1. The first-order valence-electron chi connectivity index (χ1n) is 9.49. The highest BCUT2D eigenvalue weighted by Gasteiger charge is 2.29. The predicted octanol–water partition coefficient (Wildman–Crippen LogP) is 1.18. The number of hydrogen-bond acceptors (Lipinski definition) is 6. The minimum Gasteiger partial charge on any atom is -0.449 e. The summed E-state index contributed by atoms with van der Waals surface area (Å²) >= 11 is 0. The van der Waals surface area contributed by atoms with E-state index >= 15 is 0 Å². The smallest absolute Gasteiger partial charge is 0.339 e. The lowest BCUT2D eigenvalue weighted by Gasteiger charge is -2.26. The lowest BCUT2D eigenvalue weighted by molar-refractivity contribution is -0.138. The minimum atomic E-state index is -3.72. The summed E-state index contributed by atoms with van der Waals surface area (Å²) in [6.45, 7) is 5.83. The number of aryl methyl sites for hydroxylation is 1. The molecule has 2 saturated heterocycles. The van der Waals surface area contributed by atoms with Gasteiger partial charge in [-0.2, -0.15) is 4.31 Å². The molecule has 9 heteroatoms. The molecule has 8 nitrogen and oxygen atoms in total. The monoisotopic (exact) mass is 410 g/mol. The highest BCUT2D eigenvalue weighted by atomic mass is 32.2. The second-order valence-electron chi connectivity index (χ2n) is 7.07. The molecule has 0 aromatic heterocycles. The van der Waals surface area contributed by atoms with Gasteiger partial charge < -0.3 is 14.4 Å². The molecule has 0 aliphatic carbocycles. The second kappa shape index (κ2) is 8.59. The Hall–Kier alpha value is -1.97. The van der Waals surface area contributed by atoms with Crippen LogP contribution in [-0.4, -0.2) is 75.0 Å². The third-order valence-electron chi connectivity index (χ3n) is 5.09. The number of amides is 1. The zero-order chi connectivity index (χ0) is 20.3. The van der Waals surface area contributed by atoms with Gasteiger partial charge >= 0.3 is 5.97 Å². The molecule has 154 valence electrons. The summed E-state index contributed by atoms with van der Waals surface area (Å²) in [5.41, 5.74) is 0.738. The van der Waals surface area contributed by atoms with E-state index in [4.69, 9.17) is 9.47 Å². The van der Waals surface area contributed by atoms with Crippen LogP contribution in [0.4, 0.5) is 0 Å². The van der Waals surface area contributed by atoms with Crippen molar-refractivity contribution in [3.63, 3.8) is 0 Å². The molecule has 0 bridgehead atoms. The van der Waals surface area contributed by atoms with Crippen LogP contribution < -0.4 is 0 Å². The number of morpholine rings is 1. The van der Waals surface area contributed by atoms with Gasteiger partial charge in [0.2, 0.25) is 10.0 Å². The van der Waals surface area contributed by atoms with Gasteiger partial charge in [0.05, 0.1) is 23.7 Å². The van der Waals surface area contributed by atoms with Gasteiger partial charge in [-0.05, 0) is 44.4 Å². The molecule has 0 radical (unpaired) electrons. The van der Waals surface area contributed by atoms with E-state index < -0.39 is 22.1 Å². The zero-order valence-corrected chi connectivity index (χ0v) is 17.0. The van der Waals surface area contributed by atoms with E-state index in [-0.39, 0.29) is 29.5 Å². The molecule has 0 N–H and O–H groups in total. The van der Waals surface area contributed by atoms with Crippen LogP contribution in [0.25, 0.3) is 0 Å². The predicted molar refractivity (Wildman–Crippen MR) is 101 cm³/mol. The molecule has 0 saturated carbocycles. The van der Waals surface area contributed by atoms with Crippen LogP contribution in [0.2, 0.25) is 0 Å². The topological polar surface area (TPSA) is 93.2 Å². The molecule has 0 unspecified atom stereocenters. The lowest BCUT2D eigenvalue weighted by Crippen LogP contribution is -2.40. The molecule has 2 aliphatic heterocycles. The Bertz CT molecular complexity index is 842. The molecule has 3 rings (SSSR count). The van der Waals surface area contributed by atoms with Gasteiger partial charge in [0.15, 0.2) is 6.10 Å². The van der Waals surface area contributed by atoms with E-state index in [1.54, 1.807) is 24.8 Å². The maximum absolute atomic E-state index is 12.8. The number of carbonyl (C=O) groups excluding carboxylic acids is 2. The summed E-state index contributed by atoms with van der Waals surface area (Å²) in [4.78, 5) is 26.7. The minimum absolute atomic E-state index is 0.0328. The van der Waals surface area contributed by atoms with Crippen LogP contribution >= 0.6 is 0 Å². The van der Waals surface area contributed by atoms with Crippen molar-refractivity contribution in [2.24, 2.45) is 0 Å². The molecule has 2 aliphatic rings. The van der Waals surface area contributed by atoms with E-state index in [0.29, 0.717) is 31.9 Å². The number of benzene rings is 1. The van der Waals surface area contributed by atoms with Gasteiger partial charge in [0, 0.05) is 26.2 Å². The lowest BCUT2D eigenvalue weighted by atomic mass is 10.1. The van der Waals surface area contributed by atoms with Crippen LogP contribution in [0.3, 0.4) is 0 Å². The van der Waals surface area contributed by atoms with Gasteiger partial charge in [0.1, 0.15) is 0 Å². The third kappa shape index (κ3) is 4.37. The van der Waals surface area contributed by atoms with Gasteiger partial charge in [-0.3, -0.25) is 4.79 Å². The number of hydrogen-bond donors (Lipinski definition) is 0. The largest absolute Gasteiger partial charge is 0.449 e. The average Bonchev–Trinajstić information content (AvgIpc) is 3.22. The Balaban J connectivity index is 1.77. The summed E-state index contributed by atoms with van der Waals surface area (Å²) in [5, 5.41) is 0. The number of ether oxygens (including phenoxy) is 2. The number of esters is 1. The molecule has 0 spiro atoms. The normalized spacial score (nSPS) is 19.4. The quantitative estimate of drug-likeness (QED) is 0.677. The van der Waals surface area contributed by atoms with Crippen molar-refractivity contribution in [2.75, 3.05) is 39.4 Å². The molecule has 1 amide bonds. The van der Waals surface area contributed by atoms with Crippen molar-refractivity contribution < 1.29 is 27.5 Å². The molecule has 1 atom stereocenters. The molecule has 2 heterocycles. The van der Waals surface area contributed by atoms with Crippen LogP contribution in [0.15, 0.2) is 23.1 Å².